The van der Waals surface area contributed by atoms with Crippen molar-refractivity contribution in [3.63, 3.8) is 0 Å². The Morgan fingerprint density at radius 3 is 2.72 bits per heavy atom. The lowest BCUT2D eigenvalue weighted by molar-refractivity contribution is -0.384. The molecule has 1 aromatic rings. The summed E-state index contributed by atoms with van der Waals surface area (Å²) in [7, 11) is 0. The quantitative estimate of drug-likeness (QED) is 0.616. The molecule has 0 fully saturated rings. The van der Waals surface area contributed by atoms with E-state index in [-0.39, 0.29) is 29.3 Å². The fraction of sp³-hybridized carbons (Fsp3) is 0.500. The standard InChI is InChI=1S/C12H17ClN2O3/c1-8(7-16)9(2)14-6-10-3-4-11(13)12(5-10)15(17)18/h3-5,8-9,14,16H,6-7H2,1-2H3. The molecule has 0 radical (unpaired) electrons. The average molecular weight is 273 g/mol. The fourth-order valence-electron chi connectivity index (χ4n) is 1.45. The first-order chi connectivity index (χ1) is 8.45. The monoisotopic (exact) mass is 272 g/mol. The smallest absolute Gasteiger partial charge is 0.288 e. The Morgan fingerprint density at radius 2 is 2.17 bits per heavy atom. The van der Waals surface area contributed by atoms with Crippen LogP contribution in [-0.2, 0) is 6.54 Å². The van der Waals surface area contributed by atoms with Crippen molar-refractivity contribution < 1.29 is 10.0 Å². The number of hydrogen-bond acceptors (Lipinski definition) is 4. The number of nitrogens with one attached hydrogen (secondary N) is 1. The Bertz CT molecular complexity index is 426. The molecule has 5 nitrogen and oxygen atoms in total. The number of nitrogens with zero attached hydrogens (tertiary/aromatic N) is 1. The highest BCUT2D eigenvalue weighted by atomic mass is 35.5. The molecule has 0 saturated heterocycles. The van der Waals surface area contributed by atoms with E-state index in [4.69, 9.17) is 16.7 Å². The van der Waals surface area contributed by atoms with Crippen LogP contribution < -0.4 is 5.32 Å². The van der Waals surface area contributed by atoms with Gasteiger partial charge >= 0.3 is 0 Å². The Hall–Kier alpha value is -1.17. The summed E-state index contributed by atoms with van der Waals surface area (Å²) in [5.74, 6) is 0.132. The predicted molar refractivity (Wildman–Crippen MR) is 70.7 cm³/mol. The third-order valence-corrected chi connectivity index (χ3v) is 3.30. The lowest BCUT2D eigenvalue weighted by Gasteiger charge is -2.19. The first-order valence-corrected chi connectivity index (χ1v) is 6.10. The molecule has 1 rings (SSSR count). The minimum absolute atomic E-state index is 0.0844. The highest BCUT2D eigenvalue weighted by molar-refractivity contribution is 6.32. The van der Waals surface area contributed by atoms with Crippen molar-refractivity contribution in [2.45, 2.75) is 26.4 Å². The number of nitro benzene ring substituents is 1. The topological polar surface area (TPSA) is 75.4 Å². The van der Waals surface area contributed by atoms with E-state index >= 15 is 0 Å². The third kappa shape index (κ3) is 3.94. The molecule has 0 spiro atoms. The van der Waals surface area contributed by atoms with Crippen molar-refractivity contribution in [2.24, 2.45) is 5.92 Å². The van der Waals surface area contributed by atoms with Gasteiger partial charge in [0.1, 0.15) is 5.02 Å². The molecule has 18 heavy (non-hydrogen) atoms. The predicted octanol–water partition coefficient (Wildman–Crippen LogP) is 2.35. The summed E-state index contributed by atoms with van der Waals surface area (Å²) < 4.78 is 0. The number of hydrogen-bond donors (Lipinski definition) is 2. The van der Waals surface area contributed by atoms with Gasteiger partial charge in [0.25, 0.3) is 5.69 Å². The zero-order valence-corrected chi connectivity index (χ0v) is 11.1. The van der Waals surface area contributed by atoms with Gasteiger partial charge in [0.2, 0.25) is 0 Å². The molecule has 0 amide bonds. The normalized spacial score (nSPS) is 14.2. The molecule has 0 aliphatic rings. The van der Waals surface area contributed by atoms with Crippen molar-refractivity contribution >= 4 is 17.3 Å². The van der Waals surface area contributed by atoms with Gasteiger partial charge in [-0.1, -0.05) is 24.6 Å². The summed E-state index contributed by atoms with van der Waals surface area (Å²) in [4.78, 5) is 10.2. The van der Waals surface area contributed by atoms with E-state index in [0.717, 1.165) is 5.56 Å². The molecule has 0 saturated carbocycles. The summed E-state index contributed by atoms with van der Waals surface area (Å²) >= 11 is 5.73. The molecule has 0 aliphatic heterocycles. The van der Waals surface area contributed by atoms with Gasteiger partial charge in [-0.2, -0.15) is 0 Å². The minimum Gasteiger partial charge on any atom is -0.396 e. The first kappa shape index (κ1) is 14.9. The van der Waals surface area contributed by atoms with Crippen molar-refractivity contribution in [1.82, 2.24) is 5.32 Å². The summed E-state index contributed by atoms with van der Waals surface area (Å²) in [6, 6.07) is 4.87. The Balaban J connectivity index is 2.69. The van der Waals surface area contributed by atoms with E-state index in [0.29, 0.717) is 6.54 Å². The van der Waals surface area contributed by atoms with Crippen LogP contribution in [-0.4, -0.2) is 22.7 Å². The molecule has 0 aliphatic carbocycles. The summed E-state index contributed by atoms with van der Waals surface area (Å²) in [6.07, 6.45) is 0. The average Bonchev–Trinajstić information content (AvgIpc) is 2.36. The van der Waals surface area contributed by atoms with Crippen molar-refractivity contribution in [1.29, 1.82) is 0 Å². The molecule has 2 atom stereocenters. The molecular formula is C12H17ClN2O3. The Labute approximate surface area is 111 Å². The van der Waals surface area contributed by atoms with Crippen LogP contribution in [0.2, 0.25) is 5.02 Å². The van der Waals surface area contributed by atoms with Crippen LogP contribution in [0, 0.1) is 16.0 Å². The Kier molecular flexibility index (Phi) is 5.53. The van der Waals surface area contributed by atoms with Gasteiger partial charge in [-0.15, -0.1) is 0 Å². The molecule has 0 aromatic heterocycles. The van der Waals surface area contributed by atoms with Crippen LogP contribution in [0.15, 0.2) is 18.2 Å². The first-order valence-electron chi connectivity index (χ1n) is 5.72. The van der Waals surface area contributed by atoms with Crippen molar-refractivity contribution in [3.05, 3.63) is 38.9 Å². The minimum atomic E-state index is -0.494. The van der Waals surface area contributed by atoms with Gasteiger partial charge in [-0.25, -0.2) is 0 Å². The number of halogens is 1. The second kappa shape index (κ2) is 6.68. The van der Waals surface area contributed by atoms with Gasteiger partial charge in [0.15, 0.2) is 0 Å². The van der Waals surface area contributed by atoms with Gasteiger partial charge in [-0.05, 0) is 24.5 Å². The van der Waals surface area contributed by atoms with Crippen LogP contribution in [0.5, 0.6) is 0 Å². The lowest BCUT2D eigenvalue weighted by atomic mass is 10.0. The molecule has 0 heterocycles. The highest BCUT2D eigenvalue weighted by Gasteiger charge is 2.14. The number of aliphatic hydroxyl groups is 1. The SMILES string of the molecule is CC(CO)C(C)NCc1ccc(Cl)c([N+](=O)[O-])c1. The molecule has 0 bridgehead atoms. The molecule has 2 N–H and O–H groups in total. The number of benzene rings is 1. The maximum Gasteiger partial charge on any atom is 0.288 e. The molecular weight excluding hydrogens is 256 g/mol. The van der Waals surface area contributed by atoms with Crippen molar-refractivity contribution in [2.75, 3.05) is 6.61 Å². The van der Waals surface area contributed by atoms with Crippen LogP contribution in [0.1, 0.15) is 19.4 Å². The van der Waals surface area contributed by atoms with E-state index in [2.05, 4.69) is 5.32 Å². The second-order valence-electron chi connectivity index (χ2n) is 4.37. The zero-order valence-electron chi connectivity index (χ0n) is 10.4. The second-order valence-corrected chi connectivity index (χ2v) is 4.78. The molecule has 2 unspecified atom stereocenters. The highest BCUT2D eigenvalue weighted by Crippen LogP contribution is 2.25. The number of rotatable bonds is 6. The van der Waals surface area contributed by atoms with Crippen LogP contribution in [0.25, 0.3) is 0 Å². The van der Waals surface area contributed by atoms with E-state index in [1.165, 1.54) is 12.1 Å². The molecule has 1 aromatic carbocycles. The van der Waals surface area contributed by atoms with Crippen LogP contribution in [0.3, 0.4) is 0 Å². The summed E-state index contributed by atoms with van der Waals surface area (Å²) in [6.45, 7) is 4.51. The van der Waals surface area contributed by atoms with E-state index in [1.54, 1.807) is 6.07 Å². The Morgan fingerprint density at radius 1 is 1.50 bits per heavy atom. The molecule has 100 valence electrons. The zero-order chi connectivity index (χ0) is 13.7. The van der Waals surface area contributed by atoms with Gasteiger partial charge < -0.3 is 10.4 Å². The van der Waals surface area contributed by atoms with Crippen LogP contribution in [0.4, 0.5) is 5.69 Å². The van der Waals surface area contributed by atoms with Crippen molar-refractivity contribution in [3.8, 4) is 0 Å². The lowest BCUT2D eigenvalue weighted by Crippen LogP contribution is -2.33. The fourth-order valence-corrected chi connectivity index (χ4v) is 1.63. The maximum absolute atomic E-state index is 10.7. The van der Waals surface area contributed by atoms with Gasteiger partial charge in [0.05, 0.1) is 4.92 Å². The van der Waals surface area contributed by atoms with E-state index in [9.17, 15) is 10.1 Å². The maximum atomic E-state index is 10.7. The summed E-state index contributed by atoms with van der Waals surface area (Å²) in [5, 5.41) is 23.1. The van der Waals surface area contributed by atoms with Gasteiger partial charge in [0, 0.05) is 25.3 Å². The number of aliphatic hydroxyl groups excluding tert-OH is 1. The van der Waals surface area contributed by atoms with E-state index < -0.39 is 4.92 Å². The van der Waals surface area contributed by atoms with E-state index in [1.807, 2.05) is 13.8 Å². The number of nitro groups is 1. The third-order valence-electron chi connectivity index (χ3n) is 2.98. The van der Waals surface area contributed by atoms with Gasteiger partial charge in [-0.3, -0.25) is 10.1 Å². The summed E-state index contributed by atoms with van der Waals surface area (Å²) in [5.41, 5.74) is 0.710. The van der Waals surface area contributed by atoms with Crippen LogP contribution >= 0.6 is 11.6 Å². The largest absolute Gasteiger partial charge is 0.396 e. The molecule has 6 heteroatoms.